The lowest BCUT2D eigenvalue weighted by atomic mass is 10.1. The van der Waals surface area contributed by atoms with E-state index in [1.807, 2.05) is 0 Å². The van der Waals surface area contributed by atoms with E-state index in [1.54, 1.807) is 0 Å². The summed E-state index contributed by atoms with van der Waals surface area (Å²) in [5.74, 6) is -0.684. The SMILES string of the molecule is COc1ccc(F)cc1C(=O)N(C)C1CCS(=O)(=O)C1. The van der Waals surface area contributed by atoms with Gasteiger partial charge in [0.2, 0.25) is 0 Å². The van der Waals surface area contributed by atoms with Crippen LogP contribution in [0.25, 0.3) is 0 Å². The van der Waals surface area contributed by atoms with Gasteiger partial charge in [-0.25, -0.2) is 12.8 Å². The fraction of sp³-hybridized carbons (Fsp3) is 0.462. The van der Waals surface area contributed by atoms with Gasteiger partial charge in [0.15, 0.2) is 9.84 Å². The second-order valence-corrected chi connectivity index (χ2v) is 7.05. The third-order valence-electron chi connectivity index (χ3n) is 3.47. The first kappa shape index (κ1) is 14.8. The molecule has 0 aliphatic carbocycles. The van der Waals surface area contributed by atoms with Crippen LogP contribution in [-0.2, 0) is 9.84 Å². The molecule has 1 fully saturated rings. The topological polar surface area (TPSA) is 63.7 Å². The molecule has 1 heterocycles. The first-order valence-electron chi connectivity index (χ1n) is 6.15. The van der Waals surface area contributed by atoms with E-state index >= 15 is 0 Å². The molecule has 1 atom stereocenters. The number of benzene rings is 1. The quantitative estimate of drug-likeness (QED) is 0.838. The highest BCUT2D eigenvalue weighted by atomic mass is 32.2. The van der Waals surface area contributed by atoms with Crippen molar-refractivity contribution in [2.75, 3.05) is 25.7 Å². The first-order chi connectivity index (χ1) is 9.34. The molecule has 1 unspecified atom stereocenters. The molecular weight excluding hydrogens is 285 g/mol. The first-order valence-corrected chi connectivity index (χ1v) is 7.97. The minimum absolute atomic E-state index is 0.0487. The number of rotatable bonds is 3. The highest BCUT2D eigenvalue weighted by molar-refractivity contribution is 7.91. The standard InChI is InChI=1S/C13H16FNO4S/c1-15(10-5-6-20(17,18)8-10)13(16)11-7-9(14)3-4-12(11)19-2/h3-4,7,10H,5-6,8H2,1-2H3. The van der Waals surface area contributed by atoms with Gasteiger partial charge in [0.1, 0.15) is 11.6 Å². The van der Waals surface area contributed by atoms with E-state index in [0.29, 0.717) is 6.42 Å². The summed E-state index contributed by atoms with van der Waals surface area (Å²) in [7, 11) is -0.160. The average molecular weight is 301 g/mol. The van der Waals surface area contributed by atoms with Crippen LogP contribution in [0.4, 0.5) is 4.39 Å². The van der Waals surface area contributed by atoms with Gasteiger partial charge in [-0.2, -0.15) is 0 Å². The van der Waals surface area contributed by atoms with Crippen LogP contribution in [0.3, 0.4) is 0 Å². The minimum atomic E-state index is -3.08. The molecule has 0 N–H and O–H groups in total. The van der Waals surface area contributed by atoms with Gasteiger partial charge in [0.25, 0.3) is 5.91 Å². The fourth-order valence-corrected chi connectivity index (χ4v) is 4.06. The Kier molecular flexibility index (Phi) is 3.99. The van der Waals surface area contributed by atoms with Crippen LogP contribution < -0.4 is 4.74 Å². The zero-order valence-electron chi connectivity index (χ0n) is 11.3. The molecule has 0 bridgehead atoms. The van der Waals surface area contributed by atoms with E-state index in [1.165, 1.54) is 31.2 Å². The molecule has 0 radical (unpaired) electrons. The molecule has 0 spiro atoms. The Bertz CT molecular complexity index is 629. The van der Waals surface area contributed by atoms with Crippen LogP contribution in [0, 0.1) is 5.82 Å². The summed E-state index contributed by atoms with van der Waals surface area (Å²) in [6.07, 6.45) is 0.405. The van der Waals surface area contributed by atoms with Crippen molar-refractivity contribution >= 4 is 15.7 Å². The number of carbonyl (C=O) groups excluding carboxylic acids is 1. The zero-order valence-corrected chi connectivity index (χ0v) is 12.1. The van der Waals surface area contributed by atoms with Crippen LogP contribution in [0.15, 0.2) is 18.2 Å². The van der Waals surface area contributed by atoms with Crippen molar-refractivity contribution in [3.63, 3.8) is 0 Å². The van der Waals surface area contributed by atoms with Gasteiger partial charge >= 0.3 is 0 Å². The van der Waals surface area contributed by atoms with Gasteiger partial charge in [-0.1, -0.05) is 0 Å². The molecule has 2 rings (SSSR count). The number of amides is 1. The minimum Gasteiger partial charge on any atom is -0.496 e. The Morgan fingerprint density at radius 3 is 2.70 bits per heavy atom. The summed E-state index contributed by atoms with van der Waals surface area (Å²) in [6.45, 7) is 0. The number of ether oxygens (including phenoxy) is 1. The van der Waals surface area contributed by atoms with Crippen molar-refractivity contribution in [3.05, 3.63) is 29.6 Å². The molecule has 7 heteroatoms. The van der Waals surface area contributed by atoms with Crippen LogP contribution in [0.1, 0.15) is 16.8 Å². The smallest absolute Gasteiger partial charge is 0.257 e. The normalized spacial score (nSPS) is 20.6. The predicted octanol–water partition coefficient (Wildman–Crippen LogP) is 1.09. The highest BCUT2D eigenvalue weighted by Crippen LogP contribution is 2.24. The number of carbonyl (C=O) groups is 1. The summed E-state index contributed by atoms with van der Waals surface area (Å²) in [4.78, 5) is 13.7. The Labute approximate surface area is 117 Å². The van der Waals surface area contributed by atoms with Crippen molar-refractivity contribution in [1.29, 1.82) is 0 Å². The molecule has 1 saturated heterocycles. The zero-order chi connectivity index (χ0) is 14.9. The summed E-state index contributed by atoms with van der Waals surface area (Å²) < 4.78 is 41.2. The van der Waals surface area contributed by atoms with Crippen LogP contribution in [0.2, 0.25) is 0 Å². The molecular formula is C13H16FNO4S. The van der Waals surface area contributed by atoms with Crippen molar-refractivity contribution < 1.29 is 22.3 Å². The Morgan fingerprint density at radius 2 is 2.15 bits per heavy atom. The maximum atomic E-state index is 13.3. The van der Waals surface area contributed by atoms with E-state index in [2.05, 4.69) is 0 Å². The van der Waals surface area contributed by atoms with Gasteiger partial charge in [-0.05, 0) is 24.6 Å². The lowest BCUT2D eigenvalue weighted by molar-refractivity contribution is 0.0743. The van der Waals surface area contributed by atoms with E-state index in [0.717, 1.165) is 6.07 Å². The van der Waals surface area contributed by atoms with Crippen molar-refractivity contribution in [2.45, 2.75) is 12.5 Å². The average Bonchev–Trinajstić information content (AvgIpc) is 2.77. The molecule has 1 aromatic rings. The lowest BCUT2D eigenvalue weighted by Gasteiger charge is -2.24. The number of sulfone groups is 1. The number of halogens is 1. The van der Waals surface area contributed by atoms with Gasteiger partial charge in [0.05, 0.1) is 24.2 Å². The van der Waals surface area contributed by atoms with Gasteiger partial charge in [-0.3, -0.25) is 4.79 Å². The molecule has 20 heavy (non-hydrogen) atoms. The fourth-order valence-electron chi connectivity index (χ4n) is 2.28. The second kappa shape index (κ2) is 5.40. The molecule has 1 aromatic carbocycles. The summed E-state index contributed by atoms with van der Waals surface area (Å²) in [5.41, 5.74) is 0.0966. The number of hydrogen-bond acceptors (Lipinski definition) is 4. The molecule has 1 amide bonds. The number of hydrogen-bond donors (Lipinski definition) is 0. The molecule has 110 valence electrons. The lowest BCUT2D eigenvalue weighted by Crippen LogP contribution is -2.38. The summed E-state index contributed by atoms with van der Waals surface area (Å²) in [5, 5.41) is 0. The molecule has 1 aliphatic heterocycles. The molecule has 1 aliphatic rings. The van der Waals surface area contributed by atoms with Crippen LogP contribution in [0.5, 0.6) is 5.75 Å². The van der Waals surface area contributed by atoms with Crippen molar-refractivity contribution in [2.24, 2.45) is 0 Å². The Hall–Kier alpha value is -1.63. The molecule has 0 saturated carbocycles. The third-order valence-corrected chi connectivity index (χ3v) is 5.22. The third kappa shape index (κ3) is 2.92. The molecule has 0 aromatic heterocycles. The van der Waals surface area contributed by atoms with Crippen LogP contribution >= 0.6 is 0 Å². The van der Waals surface area contributed by atoms with E-state index in [4.69, 9.17) is 4.74 Å². The monoisotopic (exact) mass is 301 g/mol. The van der Waals surface area contributed by atoms with Gasteiger partial charge in [0, 0.05) is 13.1 Å². The maximum Gasteiger partial charge on any atom is 0.257 e. The van der Waals surface area contributed by atoms with Gasteiger partial charge in [-0.15, -0.1) is 0 Å². The maximum absolute atomic E-state index is 13.3. The van der Waals surface area contributed by atoms with Gasteiger partial charge < -0.3 is 9.64 Å². The van der Waals surface area contributed by atoms with E-state index < -0.39 is 21.6 Å². The number of methoxy groups -OCH3 is 1. The number of nitrogens with zero attached hydrogens (tertiary/aromatic N) is 1. The van der Waals surface area contributed by atoms with E-state index in [9.17, 15) is 17.6 Å². The highest BCUT2D eigenvalue weighted by Gasteiger charge is 2.33. The Balaban J connectivity index is 2.25. The predicted molar refractivity (Wildman–Crippen MR) is 72.1 cm³/mol. The Morgan fingerprint density at radius 1 is 1.45 bits per heavy atom. The van der Waals surface area contributed by atoms with Crippen molar-refractivity contribution in [1.82, 2.24) is 4.90 Å². The van der Waals surface area contributed by atoms with E-state index in [-0.39, 0.29) is 28.9 Å². The van der Waals surface area contributed by atoms with Crippen molar-refractivity contribution in [3.8, 4) is 5.75 Å². The van der Waals surface area contributed by atoms with Crippen LogP contribution in [-0.4, -0.2) is 50.9 Å². The molecule has 5 nitrogen and oxygen atoms in total. The summed E-state index contributed by atoms with van der Waals surface area (Å²) in [6, 6.07) is 3.30. The summed E-state index contributed by atoms with van der Waals surface area (Å²) >= 11 is 0. The largest absolute Gasteiger partial charge is 0.496 e. The second-order valence-electron chi connectivity index (χ2n) is 4.82.